The van der Waals surface area contributed by atoms with Gasteiger partial charge in [0.1, 0.15) is 0 Å². The quantitative estimate of drug-likeness (QED) is 0.855. The van der Waals surface area contributed by atoms with Gasteiger partial charge in [-0.3, -0.25) is 4.79 Å². The molecule has 4 aliphatic rings. The maximum atomic E-state index is 12.7. The molecule has 1 amide bonds. The van der Waals surface area contributed by atoms with Crippen LogP contribution in [0, 0.1) is 17.3 Å². The average Bonchev–Trinajstić information content (AvgIpc) is 2.43. The van der Waals surface area contributed by atoms with Crippen LogP contribution in [0.15, 0.2) is 24.3 Å². The van der Waals surface area contributed by atoms with Crippen molar-refractivity contribution >= 4 is 17.5 Å². The number of aliphatic hydroxyl groups is 1. The molecule has 4 saturated carbocycles. The third-order valence-corrected chi connectivity index (χ3v) is 6.78. The first kappa shape index (κ1) is 16.4. The van der Waals surface area contributed by atoms with Crippen molar-refractivity contribution in [3.63, 3.8) is 0 Å². The Kier molecular flexibility index (Phi) is 3.92. The van der Waals surface area contributed by atoms with E-state index >= 15 is 0 Å². The molecule has 3 unspecified atom stereocenters. The van der Waals surface area contributed by atoms with Crippen LogP contribution in [0.3, 0.4) is 0 Å². The zero-order valence-corrected chi connectivity index (χ0v) is 15.0. The largest absolute Gasteiger partial charge is 0.390 e. The van der Waals surface area contributed by atoms with Crippen molar-refractivity contribution in [3.05, 3.63) is 34.9 Å². The summed E-state index contributed by atoms with van der Waals surface area (Å²) in [5.41, 5.74) is 0.471. The second-order valence-electron chi connectivity index (χ2n) is 8.67. The lowest BCUT2D eigenvalue weighted by molar-refractivity contribution is -0.169. The van der Waals surface area contributed by atoms with Crippen LogP contribution >= 0.6 is 11.6 Å². The molecule has 4 fully saturated rings. The van der Waals surface area contributed by atoms with Crippen LogP contribution in [0.4, 0.5) is 0 Å². The number of amides is 1. The molecule has 0 aliphatic heterocycles. The van der Waals surface area contributed by atoms with Crippen LogP contribution < -0.4 is 5.32 Å². The van der Waals surface area contributed by atoms with Gasteiger partial charge >= 0.3 is 0 Å². The summed E-state index contributed by atoms with van der Waals surface area (Å²) in [4.78, 5) is 12.7. The van der Waals surface area contributed by atoms with E-state index in [2.05, 4.69) is 5.32 Å². The number of halogens is 1. The van der Waals surface area contributed by atoms with Crippen LogP contribution in [0.1, 0.15) is 63.5 Å². The second-order valence-corrected chi connectivity index (χ2v) is 9.08. The molecule has 3 atom stereocenters. The minimum absolute atomic E-state index is 0.0170. The van der Waals surface area contributed by atoms with Gasteiger partial charge in [0.25, 0.3) is 0 Å². The van der Waals surface area contributed by atoms with E-state index in [-0.39, 0.29) is 17.4 Å². The summed E-state index contributed by atoms with van der Waals surface area (Å²) >= 11 is 6.24. The molecule has 5 rings (SSSR count). The van der Waals surface area contributed by atoms with Crippen molar-refractivity contribution in [1.82, 2.24) is 5.32 Å². The maximum Gasteiger partial charge on any atom is 0.221 e. The maximum absolute atomic E-state index is 12.7. The molecule has 0 aromatic heterocycles. The van der Waals surface area contributed by atoms with Gasteiger partial charge in [0.2, 0.25) is 5.91 Å². The van der Waals surface area contributed by atoms with E-state index in [9.17, 15) is 9.90 Å². The second kappa shape index (κ2) is 5.74. The smallest absolute Gasteiger partial charge is 0.221 e. The SMILES string of the molecule is CC(NC(=O)CC12CC3CC(CC(O)(C3)C1)C2)c1ccccc1Cl. The van der Waals surface area contributed by atoms with E-state index < -0.39 is 5.60 Å². The first-order chi connectivity index (χ1) is 11.4. The van der Waals surface area contributed by atoms with E-state index in [1.54, 1.807) is 0 Å². The summed E-state index contributed by atoms with van der Waals surface area (Å²) in [6, 6.07) is 7.56. The Hall–Kier alpha value is -1.06. The minimum Gasteiger partial charge on any atom is -0.390 e. The third kappa shape index (κ3) is 2.97. The molecule has 0 radical (unpaired) electrons. The summed E-state index contributed by atoms with van der Waals surface area (Å²) in [5, 5.41) is 14.6. The molecule has 3 nitrogen and oxygen atoms in total. The molecule has 2 N–H and O–H groups in total. The zero-order valence-electron chi connectivity index (χ0n) is 14.2. The summed E-state index contributed by atoms with van der Waals surface area (Å²) in [6.45, 7) is 1.98. The fourth-order valence-corrected chi connectivity index (χ4v) is 6.45. The Balaban J connectivity index is 1.44. The summed E-state index contributed by atoms with van der Waals surface area (Å²) in [5.74, 6) is 1.32. The van der Waals surface area contributed by atoms with Crippen molar-refractivity contribution in [1.29, 1.82) is 0 Å². The molecule has 1 aromatic carbocycles. The van der Waals surface area contributed by atoms with Crippen molar-refractivity contribution in [3.8, 4) is 0 Å². The first-order valence-corrected chi connectivity index (χ1v) is 9.50. The van der Waals surface area contributed by atoms with Gasteiger partial charge in [0, 0.05) is 11.4 Å². The molecule has 1 aromatic rings. The lowest BCUT2D eigenvalue weighted by atomic mass is 9.47. The monoisotopic (exact) mass is 347 g/mol. The van der Waals surface area contributed by atoms with E-state index in [4.69, 9.17) is 11.6 Å². The summed E-state index contributed by atoms with van der Waals surface area (Å²) < 4.78 is 0. The highest BCUT2D eigenvalue weighted by molar-refractivity contribution is 6.31. The normalized spacial score (nSPS) is 38.1. The van der Waals surface area contributed by atoms with Gasteiger partial charge < -0.3 is 10.4 Å². The molecule has 0 saturated heterocycles. The van der Waals surface area contributed by atoms with Crippen molar-refractivity contribution < 1.29 is 9.90 Å². The fourth-order valence-electron chi connectivity index (χ4n) is 6.15. The van der Waals surface area contributed by atoms with Gasteiger partial charge in [0.15, 0.2) is 0 Å². The Morgan fingerprint density at radius 2 is 1.96 bits per heavy atom. The number of carbonyl (C=O) groups is 1. The molecule has 130 valence electrons. The number of rotatable bonds is 4. The molecule has 0 heterocycles. The van der Waals surface area contributed by atoms with Crippen LogP contribution in [0.25, 0.3) is 0 Å². The van der Waals surface area contributed by atoms with Gasteiger partial charge in [-0.1, -0.05) is 29.8 Å². The van der Waals surface area contributed by atoms with Crippen molar-refractivity contribution in [2.45, 2.75) is 63.5 Å². The van der Waals surface area contributed by atoms with Crippen LogP contribution in [-0.4, -0.2) is 16.6 Å². The van der Waals surface area contributed by atoms with E-state index in [1.165, 1.54) is 6.42 Å². The van der Waals surface area contributed by atoms with Crippen LogP contribution in [0.2, 0.25) is 5.02 Å². The number of hydrogen-bond acceptors (Lipinski definition) is 2. The molecule has 4 heteroatoms. The number of carbonyl (C=O) groups excluding carboxylic acids is 1. The summed E-state index contributed by atoms with van der Waals surface area (Å²) in [6.07, 6.45) is 6.71. The van der Waals surface area contributed by atoms with Crippen molar-refractivity contribution in [2.24, 2.45) is 17.3 Å². The average molecular weight is 348 g/mol. The molecular formula is C20H26ClNO2. The molecule has 24 heavy (non-hydrogen) atoms. The van der Waals surface area contributed by atoms with Crippen LogP contribution in [-0.2, 0) is 4.79 Å². The Labute approximate surface area is 148 Å². The minimum atomic E-state index is -0.501. The van der Waals surface area contributed by atoms with Gasteiger partial charge in [0.05, 0.1) is 11.6 Å². The summed E-state index contributed by atoms with van der Waals surface area (Å²) in [7, 11) is 0. The lowest BCUT2D eigenvalue weighted by Crippen LogP contribution is -2.56. The van der Waals surface area contributed by atoms with Gasteiger partial charge in [-0.15, -0.1) is 0 Å². The highest BCUT2D eigenvalue weighted by Crippen LogP contribution is 2.62. The fraction of sp³-hybridized carbons (Fsp3) is 0.650. The highest BCUT2D eigenvalue weighted by atomic mass is 35.5. The predicted molar refractivity (Wildman–Crippen MR) is 94.7 cm³/mol. The number of hydrogen-bond donors (Lipinski definition) is 2. The molecule has 4 bridgehead atoms. The Morgan fingerprint density at radius 3 is 2.58 bits per heavy atom. The molecule has 4 aliphatic carbocycles. The molecular weight excluding hydrogens is 322 g/mol. The van der Waals surface area contributed by atoms with Crippen LogP contribution in [0.5, 0.6) is 0 Å². The standard InChI is InChI=1S/C20H26ClNO2/c1-13(16-4-2-3-5-17(16)21)22-18(23)11-19-7-14-6-15(8-19)10-20(24,9-14)12-19/h2-5,13-15,24H,6-12H2,1H3,(H,22,23). The predicted octanol–water partition coefficient (Wildman–Crippen LogP) is 4.24. The lowest BCUT2D eigenvalue weighted by Gasteiger charge is -2.60. The van der Waals surface area contributed by atoms with Gasteiger partial charge in [-0.05, 0) is 74.3 Å². The van der Waals surface area contributed by atoms with Gasteiger partial charge in [-0.25, -0.2) is 0 Å². The van der Waals surface area contributed by atoms with E-state index in [0.717, 1.165) is 37.7 Å². The topological polar surface area (TPSA) is 49.3 Å². The first-order valence-electron chi connectivity index (χ1n) is 9.13. The van der Waals surface area contributed by atoms with Crippen molar-refractivity contribution in [2.75, 3.05) is 0 Å². The van der Waals surface area contributed by atoms with Gasteiger partial charge in [-0.2, -0.15) is 0 Å². The Morgan fingerprint density at radius 1 is 1.29 bits per heavy atom. The Bertz CT molecular complexity index is 645. The van der Waals surface area contributed by atoms with E-state index in [0.29, 0.717) is 23.3 Å². The van der Waals surface area contributed by atoms with E-state index in [1.807, 2.05) is 31.2 Å². The third-order valence-electron chi connectivity index (χ3n) is 6.44. The number of nitrogens with one attached hydrogen (secondary N) is 1. The zero-order chi connectivity index (χ0) is 16.9. The highest BCUT2D eigenvalue weighted by Gasteiger charge is 2.57. The molecule has 0 spiro atoms. The number of benzene rings is 1.